The standard InChI is InChI=1S/C9H16N4OS3/c1-9(11-2,6(10)14)4-5-16-8-13-12-7(15-3)17-8/h11H,4-5H2,1-3H3,(H2,10,14). The van der Waals surface area contributed by atoms with Gasteiger partial charge in [0, 0.05) is 5.75 Å². The Bertz CT molecular complexity index is 384. The Labute approximate surface area is 113 Å². The van der Waals surface area contributed by atoms with Crippen LogP contribution in [0.5, 0.6) is 0 Å². The summed E-state index contributed by atoms with van der Waals surface area (Å²) in [5, 5.41) is 11.0. The van der Waals surface area contributed by atoms with Gasteiger partial charge in [-0.2, -0.15) is 0 Å². The van der Waals surface area contributed by atoms with E-state index >= 15 is 0 Å². The molecule has 1 aromatic rings. The molecule has 0 spiro atoms. The number of rotatable bonds is 7. The lowest BCUT2D eigenvalue weighted by molar-refractivity contribution is -0.123. The lowest BCUT2D eigenvalue weighted by Crippen LogP contribution is -2.51. The lowest BCUT2D eigenvalue weighted by atomic mass is 9.99. The lowest BCUT2D eigenvalue weighted by Gasteiger charge is -2.24. The third-order valence-corrected chi connectivity index (χ3v) is 5.52. The molecular weight excluding hydrogens is 276 g/mol. The molecule has 0 bridgehead atoms. The van der Waals surface area contributed by atoms with Crippen LogP contribution in [-0.4, -0.2) is 40.7 Å². The highest BCUT2D eigenvalue weighted by Gasteiger charge is 2.28. The summed E-state index contributed by atoms with van der Waals surface area (Å²) in [5.41, 5.74) is 4.69. The molecule has 0 radical (unpaired) electrons. The molecule has 0 aliphatic rings. The van der Waals surface area contributed by atoms with E-state index in [0.29, 0.717) is 6.42 Å². The van der Waals surface area contributed by atoms with Crippen LogP contribution in [0.3, 0.4) is 0 Å². The van der Waals surface area contributed by atoms with Gasteiger partial charge in [0.1, 0.15) is 0 Å². The Morgan fingerprint density at radius 2 is 2.18 bits per heavy atom. The van der Waals surface area contributed by atoms with Gasteiger partial charge in [0.25, 0.3) is 0 Å². The van der Waals surface area contributed by atoms with Crippen LogP contribution in [-0.2, 0) is 4.79 Å². The fourth-order valence-electron chi connectivity index (χ4n) is 1.05. The van der Waals surface area contributed by atoms with Crippen LogP contribution in [0.1, 0.15) is 13.3 Å². The minimum atomic E-state index is -0.653. The Morgan fingerprint density at radius 3 is 2.65 bits per heavy atom. The van der Waals surface area contributed by atoms with E-state index in [1.54, 1.807) is 41.9 Å². The van der Waals surface area contributed by atoms with Crippen molar-refractivity contribution in [2.24, 2.45) is 5.73 Å². The van der Waals surface area contributed by atoms with E-state index in [9.17, 15) is 4.79 Å². The molecule has 1 rings (SSSR count). The van der Waals surface area contributed by atoms with Crippen molar-refractivity contribution >= 4 is 40.8 Å². The summed E-state index contributed by atoms with van der Waals surface area (Å²) in [5.74, 6) is 0.450. The van der Waals surface area contributed by atoms with E-state index in [1.807, 2.05) is 13.2 Å². The molecule has 17 heavy (non-hydrogen) atoms. The molecule has 8 heteroatoms. The van der Waals surface area contributed by atoms with Crippen LogP contribution < -0.4 is 11.1 Å². The number of nitrogens with zero attached hydrogens (tertiary/aromatic N) is 2. The van der Waals surface area contributed by atoms with Crippen molar-refractivity contribution in [1.29, 1.82) is 0 Å². The summed E-state index contributed by atoms with van der Waals surface area (Å²) in [6, 6.07) is 0. The highest BCUT2D eigenvalue weighted by atomic mass is 32.2. The van der Waals surface area contributed by atoms with Crippen LogP contribution in [0.4, 0.5) is 0 Å². The molecule has 1 amide bonds. The van der Waals surface area contributed by atoms with Gasteiger partial charge in [0.05, 0.1) is 5.54 Å². The first-order valence-electron chi connectivity index (χ1n) is 5.01. The second-order valence-corrected chi connectivity index (χ2v) is 6.96. The third kappa shape index (κ3) is 4.13. The van der Waals surface area contributed by atoms with Gasteiger partial charge in [0.2, 0.25) is 5.91 Å². The quantitative estimate of drug-likeness (QED) is 0.735. The summed E-state index contributed by atoms with van der Waals surface area (Å²) < 4.78 is 1.89. The van der Waals surface area contributed by atoms with E-state index in [1.165, 1.54) is 0 Å². The smallest absolute Gasteiger partial charge is 0.237 e. The summed E-state index contributed by atoms with van der Waals surface area (Å²) in [6.07, 6.45) is 2.64. The molecular formula is C9H16N4OS3. The number of nitrogens with one attached hydrogen (secondary N) is 1. The summed E-state index contributed by atoms with van der Waals surface area (Å²) >= 11 is 4.75. The maximum atomic E-state index is 11.3. The second kappa shape index (κ2) is 6.58. The summed E-state index contributed by atoms with van der Waals surface area (Å²) in [7, 11) is 1.74. The molecule has 0 aliphatic carbocycles. The molecule has 0 saturated heterocycles. The zero-order chi connectivity index (χ0) is 12.9. The van der Waals surface area contributed by atoms with E-state index in [2.05, 4.69) is 15.5 Å². The first-order valence-corrected chi connectivity index (χ1v) is 8.03. The van der Waals surface area contributed by atoms with Gasteiger partial charge in [-0.1, -0.05) is 34.9 Å². The number of primary amides is 1. The Hall–Kier alpha value is -0.310. The number of likely N-dealkylation sites (N-methyl/N-ethyl adjacent to an activating group) is 1. The van der Waals surface area contributed by atoms with Gasteiger partial charge in [-0.05, 0) is 26.6 Å². The van der Waals surface area contributed by atoms with E-state index in [4.69, 9.17) is 5.73 Å². The number of hydrogen-bond acceptors (Lipinski definition) is 7. The predicted molar refractivity (Wildman–Crippen MR) is 73.7 cm³/mol. The second-order valence-electron chi connectivity index (χ2n) is 3.58. The molecule has 96 valence electrons. The number of nitrogens with two attached hydrogens (primary N) is 1. The zero-order valence-electron chi connectivity index (χ0n) is 10.0. The number of hydrogen-bond donors (Lipinski definition) is 2. The zero-order valence-corrected chi connectivity index (χ0v) is 12.5. The van der Waals surface area contributed by atoms with Crippen molar-refractivity contribution in [1.82, 2.24) is 15.5 Å². The minimum absolute atomic E-state index is 0.331. The molecule has 0 aromatic carbocycles. The number of thioether (sulfide) groups is 2. The van der Waals surface area contributed by atoms with Crippen molar-refractivity contribution in [2.45, 2.75) is 27.6 Å². The Morgan fingerprint density at radius 1 is 1.53 bits per heavy atom. The van der Waals surface area contributed by atoms with Crippen LogP contribution in [0.2, 0.25) is 0 Å². The van der Waals surface area contributed by atoms with Crippen molar-refractivity contribution in [3.63, 3.8) is 0 Å². The molecule has 0 aliphatic heterocycles. The van der Waals surface area contributed by atoms with Crippen LogP contribution >= 0.6 is 34.9 Å². The van der Waals surface area contributed by atoms with E-state index in [0.717, 1.165) is 14.4 Å². The van der Waals surface area contributed by atoms with Gasteiger partial charge < -0.3 is 11.1 Å². The predicted octanol–water partition coefficient (Wildman–Crippen LogP) is 1.21. The highest BCUT2D eigenvalue weighted by Crippen LogP contribution is 2.28. The molecule has 0 saturated carbocycles. The van der Waals surface area contributed by atoms with Crippen molar-refractivity contribution < 1.29 is 4.79 Å². The largest absolute Gasteiger partial charge is 0.368 e. The molecule has 3 N–H and O–H groups in total. The van der Waals surface area contributed by atoms with Gasteiger partial charge >= 0.3 is 0 Å². The van der Waals surface area contributed by atoms with Crippen molar-refractivity contribution in [3.05, 3.63) is 0 Å². The van der Waals surface area contributed by atoms with Crippen molar-refractivity contribution in [2.75, 3.05) is 19.1 Å². The summed E-state index contributed by atoms with van der Waals surface area (Å²) in [4.78, 5) is 11.3. The number of carbonyl (C=O) groups is 1. The maximum Gasteiger partial charge on any atom is 0.237 e. The summed E-state index contributed by atoms with van der Waals surface area (Å²) in [6.45, 7) is 1.81. The van der Waals surface area contributed by atoms with Gasteiger partial charge in [0.15, 0.2) is 8.68 Å². The molecule has 0 fully saturated rings. The third-order valence-electron chi connectivity index (χ3n) is 2.49. The molecule has 1 atom stereocenters. The normalized spacial score (nSPS) is 14.5. The monoisotopic (exact) mass is 292 g/mol. The topological polar surface area (TPSA) is 80.9 Å². The SMILES string of the molecule is CNC(C)(CCSc1nnc(SC)s1)C(N)=O. The fraction of sp³-hybridized carbons (Fsp3) is 0.667. The van der Waals surface area contributed by atoms with E-state index < -0.39 is 5.54 Å². The van der Waals surface area contributed by atoms with Crippen LogP contribution in [0.25, 0.3) is 0 Å². The highest BCUT2D eigenvalue weighted by molar-refractivity contribution is 8.02. The fourth-order valence-corrected chi connectivity index (χ4v) is 3.72. The first kappa shape index (κ1) is 14.7. The maximum absolute atomic E-state index is 11.3. The number of carbonyl (C=O) groups excluding carboxylic acids is 1. The van der Waals surface area contributed by atoms with Gasteiger partial charge in [-0.3, -0.25) is 4.79 Å². The molecule has 1 unspecified atom stereocenters. The number of amides is 1. The molecule has 1 aromatic heterocycles. The Kier molecular flexibility index (Phi) is 5.71. The minimum Gasteiger partial charge on any atom is -0.368 e. The first-order chi connectivity index (χ1) is 8.01. The average molecular weight is 292 g/mol. The van der Waals surface area contributed by atoms with Crippen LogP contribution in [0, 0.1) is 0 Å². The van der Waals surface area contributed by atoms with Crippen LogP contribution in [0.15, 0.2) is 8.68 Å². The average Bonchev–Trinajstić information content (AvgIpc) is 2.76. The van der Waals surface area contributed by atoms with E-state index in [-0.39, 0.29) is 5.91 Å². The molecule has 5 nitrogen and oxygen atoms in total. The Balaban J connectivity index is 2.44. The van der Waals surface area contributed by atoms with Crippen molar-refractivity contribution in [3.8, 4) is 0 Å². The molecule has 1 heterocycles. The number of aromatic nitrogens is 2. The van der Waals surface area contributed by atoms with Gasteiger partial charge in [-0.25, -0.2) is 0 Å². The van der Waals surface area contributed by atoms with Gasteiger partial charge in [-0.15, -0.1) is 10.2 Å².